The minimum Gasteiger partial charge on any atom is -0.462 e. The molecule has 2 heterocycles. The lowest BCUT2D eigenvalue weighted by atomic mass is 10.2. The Hall–Kier alpha value is -2.13. The number of benzene rings is 1. The second kappa shape index (κ2) is 8.71. The van der Waals surface area contributed by atoms with Crippen LogP contribution >= 0.6 is 24.8 Å². The number of aryl methyl sites for hydroxylation is 1. The van der Waals surface area contributed by atoms with Gasteiger partial charge in [-0.25, -0.2) is 19.0 Å². The van der Waals surface area contributed by atoms with Gasteiger partial charge in [-0.2, -0.15) is 13.5 Å². The first kappa shape index (κ1) is 21.2. The predicted octanol–water partition coefficient (Wildman–Crippen LogP) is 3.71. The Morgan fingerprint density at radius 2 is 2.04 bits per heavy atom. The zero-order chi connectivity index (χ0) is 18.8. The van der Waals surface area contributed by atoms with Crippen LogP contribution in [-0.4, -0.2) is 41.1 Å². The summed E-state index contributed by atoms with van der Waals surface area (Å²) in [4.78, 5) is 32.9. The van der Waals surface area contributed by atoms with E-state index >= 15 is 0 Å². The van der Waals surface area contributed by atoms with Crippen molar-refractivity contribution in [1.82, 2.24) is 9.88 Å². The smallest absolute Gasteiger partial charge is 0.350 e. The largest absolute Gasteiger partial charge is 0.462 e. The van der Waals surface area contributed by atoms with Gasteiger partial charge in [-0.3, -0.25) is 4.90 Å². The van der Waals surface area contributed by atoms with E-state index in [0.29, 0.717) is 28.8 Å². The third-order valence-corrected chi connectivity index (χ3v) is 5.36. The molecule has 3 rings (SSSR count). The fourth-order valence-electron chi connectivity index (χ4n) is 2.84. The molecule has 0 unspecified atom stereocenters. The molecule has 1 atom stereocenters. The van der Waals surface area contributed by atoms with Gasteiger partial charge in [0.1, 0.15) is 10.7 Å². The van der Waals surface area contributed by atoms with Crippen LogP contribution in [-0.2, 0) is 11.3 Å². The van der Waals surface area contributed by atoms with E-state index < -0.39 is 5.97 Å². The van der Waals surface area contributed by atoms with Gasteiger partial charge in [-0.1, -0.05) is 23.5 Å². The number of thiazole rings is 1. The summed E-state index contributed by atoms with van der Waals surface area (Å²) in [5, 5.41) is 0.490. The number of ether oxygens (including phenoxy) is 1. The molecule has 1 aromatic carbocycles. The van der Waals surface area contributed by atoms with Crippen LogP contribution in [0.1, 0.15) is 34.8 Å². The van der Waals surface area contributed by atoms with Gasteiger partial charge in [0, 0.05) is 12.6 Å². The lowest BCUT2D eigenvalue weighted by Gasteiger charge is -2.20. The molecule has 146 valence electrons. The molecule has 1 aromatic heterocycles. The fourth-order valence-corrected chi connectivity index (χ4v) is 3.80. The van der Waals surface area contributed by atoms with E-state index in [1.165, 1.54) is 12.1 Å². The number of carbonyl (C=O) groups excluding carboxylic acids is 2. The van der Waals surface area contributed by atoms with Gasteiger partial charge in [0.25, 0.3) is 0 Å². The summed E-state index contributed by atoms with van der Waals surface area (Å²) in [6, 6.07) is 5.91. The van der Waals surface area contributed by atoms with Gasteiger partial charge >= 0.3 is 12.0 Å². The van der Waals surface area contributed by atoms with Crippen molar-refractivity contribution >= 4 is 42.0 Å². The van der Waals surface area contributed by atoms with Gasteiger partial charge in [0.05, 0.1) is 18.8 Å². The van der Waals surface area contributed by atoms with Gasteiger partial charge in [-0.15, -0.1) is 0 Å². The Labute approximate surface area is 168 Å². The van der Waals surface area contributed by atoms with Crippen LogP contribution < -0.4 is 4.90 Å². The first-order valence-electron chi connectivity index (χ1n) is 8.37. The highest BCUT2D eigenvalue weighted by atomic mass is 32.1. The summed E-state index contributed by atoms with van der Waals surface area (Å²) in [5.41, 5.74) is 1.41. The summed E-state index contributed by atoms with van der Waals surface area (Å²) in [6.07, 6.45) is 0. The van der Waals surface area contributed by atoms with E-state index in [1.54, 1.807) is 35.8 Å². The molecule has 1 aliphatic heterocycles. The SMILES string of the molecule is CCOC(=O)c1sc(N2C[C@@H](C)N(Cc3ccc(F)cc3)C2=O)nc1C.S. The normalized spacial score (nSPS) is 16.4. The van der Waals surface area contributed by atoms with Crippen LogP contribution in [0.4, 0.5) is 14.3 Å². The minimum absolute atomic E-state index is 0. The zero-order valence-electron chi connectivity index (χ0n) is 15.4. The summed E-state index contributed by atoms with van der Waals surface area (Å²) in [7, 11) is 0. The third-order valence-electron chi connectivity index (χ3n) is 4.20. The van der Waals surface area contributed by atoms with Gasteiger partial charge < -0.3 is 9.64 Å². The number of carbonyl (C=O) groups is 2. The lowest BCUT2D eigenvalue weighted by molar-refractivity contribution is 0.0531. The van der Waals surface area contributed by atoms with E-state index in [4.69, 9.17) is 4.74 Å². The lowest BCUT2D eigenvalue weighted by Crippen LogP contribution is -2.33. The molecule has 6 nitrogen and oxygen atoms in total. The Kier molecular flexibility index (Phi) is 6.83. The average Bonchev–Trinajstić information content (AvgIpc) is 3.12. The number of halogens is 1. The van der Waals surface area contributed by atoms with E-state index in [9.17, 15) is 14.0 Å². The maximum Gasteiger partial charge on any atom is 0.350 e. The molecule has 0 aliphatic carbocycles. The molecule has 0 radical (unpaired) electrons. The number of esters is 1. The van der Waals surface area contributed by atoms with Crippen LogP contribution in [0, 0.1) is 12.7 Å². The molecular formula is C18H22FN3O3S2. The maximum absolute atomic E-state index is 13.1. The molecule has 1 fully saturated rings. The summed E-state index contributed by atoms with van der Waals surface area (Å²) < 4.78 is 18.1. The van der Waals surface area contributed by atoms with E-state index in [-0.39, 0.29) is 38.0 Å². The van der Waals surface area contributed by atoms with Crippen LogP contribution in [0.25, 0.3) is 0 Å². The monoisotopic (exact) mass is 411 g/mol. The van der Waals surface area contributed by atoms with Crippen molar-refractivity contribution in [2.45, 2.75) is 33.4 Å². The molecule has 0 N–H and O–H groups in total. The second-order valence-electron chi connectivity index (χ2n) is 6.13. The van der Waals surface area contributed by atoms with Crippen molar-refractivity contribution < 1.29 is 18.7 Å². The molecule has 1 aliphatic rings. The Bertz CT molecular complexity index is 826. The van der Waals surface area contributed by atoms with Gasteiger partial charge in [0.2, 0.25) is 0 Å². The van der Waals surface area contributed by atoms with Crippen molar-refractivity contribution in [2.24, 2.45) is 0 Å². The summed E-state index contributed by atoms with van der Waals surface area (Å²) in [6.45, 7) is 6.59. The fraction of sp³-hybridized carbons (Fsp3) is 0.389. The summed E-state index contributed by atoms with van der Waals surface area (Å²) in [5.74, 6) is -0.724. The minimum atomic E-state index is -0.420. The summed E-state index contributed by atoms with van der Waals surface area (Å²) >= 11 is 1.16. The van der Waals surface area contributed by atoms with Crippen molar-refractivity contribution in [3.05, 3.63) is 46.2 Å². The van der Waals surface area contributed by atoms with Crippen LogP contribution in [0.3, 0.4) is 0 Å². The first-order chi connectivity index (χ1) is 12.4. The van der Waals surface area contributed by atoms with E-state index in [0.717, 1.165) is 16.9 Å². The third kappa shape index (κ3) is 4.41. The molecule has 2 aromatic rings. The van der Waals surface area contributed by atoms with Crippen LogP contribution in [0.15, 0.2) is 24.3 Å². The molecule has 0 saturated carbocycles. The molecule has 27 heavy (non-hydrogen) atoms. The number of nitrogens with zero attached hydrogens (tertiary/aromatic N) is 3. The number of hydrogen-bond donors (Lipinski definition) is 0. The van der Waals surface area contributed by atoms with E-state index in [1.807, 2.05) is 6.92 Å². The highest BCUT2D eigenvalue weighted by Crippen LogP contribution is 2.31. The molecule has 2 amide bonds. The Balaban J connectivity index is 0.00000261. The number of rotatable bonds is 5. The Morgan fingerprint density at radius 1 is 1.37 bits per heavy atom. The Morgan fingerprint density at radius 3 is 2.67 bits per heavy atom. The van der Waals surface area contributed by atoms with E-state index in [2.05, 4.69) is 4.98 Å². The number of anilines is 1. The molecule has 0 bridgehead atoms. The second-order valence-corrected chi connectivity index (χ2v) is 7.11. The average molecular weight is 412 g/mol. The molecule has 1 saturated heterocycles. The van der Waals surface area contributed by atoms with Gasteiger partial charge in [-0.05, 0) is 38.5 Å². The van der Waals surface area contributed by atoms with Crippen LogP contribution in [0.2, 0.25) is 0 Å². The quantitative estimate of drug-likeness (QED) is 0.704. The van der Waals surface area contributed by atoms with Crippen LogP contribution in [0.5, 0.6) is 0 Å². The highest BCUT2D eigenvalue weighted by molar-refractivity contribution is 7.59. The number of amides is 2. The van der Waals surface area contributed by atoms with Crippen molar-refractivity contribution in [2.75, 3.05) is 18.1 Å². The molecule has 0 spiro atoms. The topological polar surface area (TPSA) is 62.7 Å². The standard InChI is InChI=1S/C18H20FN3O3S.H2S/c1-4-25-16(23)15-12(3)20-17(26-15)22-9-11(2)21(18(22)24)10-13-5-7-14(19)8-6-13;/h5-8,11H,4,9-10H2,1-3H3;1H2/t11-;/m1./s1. The van der Waals surface area contributed by atoms with Crippen molar-refractivity contribution in [3.8, 4) is 0 Å². The number of hydrogen-bond acceptors (Lipinski definition) is 5. The molecular weight excluding hydrogens is 389 g/mol. The number of aromatic nitrogens is 1. The predicted molar refractivity (Wildman–Crippen MR) is 107 cm³/mol. The number of urea groups is 1. The highest BCUT2D eigenvalue weighted by Gasteiger charge is 2.37. The maximum atomic E-state index is 13.1. The zero-order valence-corrected chi connectivity index (χ0v) is 17.2. The van der Waals surface area contributed by atoms with Crippen molar-refractivity contribution in [1.29, 1.82) is 0 Å². The van der Waals surface area contributed by atoms with Crippen molar-refractivity contribution in [3.63, 3.8) is 0 Å². The van der Waals surface area contributed by atoms with Gasteiger partial charge in [0.15, 0.2) is 5.13 Å². The first-order valence-corrected chi connectivity index (χ1v) is 9.19. The molecule has 9 heteroatoms.